The van der Waals surface area contributed by atoms with Crippen LogP contribution in [0, 0.1) is 0 Å². The Hall–Kier alpha value is -0.770. The van der Waals surface area contributed by atoms with Gasteiger partial charge in [-0.3, -0.25) is 0 Å². The molecule has 0 amide bonds. The van der Waals surface area contributed by atoms with Gasteiger partial charge in [-0.05, 0) is 39.3 Å². The van der Waals surface area contributed by atoms with E-state index in [1.807, 2.05) is 12.1 Å². The van der Waals surface area contributed by atoms with E-state index in [4.69, 9.17) is 11.6 Å². The zero-order valence-electron chi connectivity index (χ0n) is 13.0. The Morgan fingerprint density at radius 3 is 2.50 bits per heavy atom. The Kier molecular flexibility index (Phi) is 6.80. The van der Waals surface area contributed by atoms with Gasteiger partial charge in [-0.1, -0.05) is 24.6 Å². The van der Waals surface area contributed by atoms with Gasteiger partial charge in [0.05, 0.1) is 6.61 Å². The lowest BCUT2D eigenvalue weighted by Crippen LogP contribution is -2.36. The lowest BCUT2D eigenvalue weighted by Gasteiger charge is -2.28. The molecule has 0 heterocycles. The molecule has 114 valence electrons. The number of aliphatic hydroxyl groups is 1. The van der Waals surface area contributed by atoms with E-state index in [0.717, 1.165) is 35.8 Å². The first-order valence-corrected chi connectivity index (χ1v) is 7.65. The van der Waals surface area contributed by atoms with Crippen LogP contribution in [0.4, 0.5) is 5.69 Å². The summed E-state index contributed by atoms with van der Waals surface area (Å²) in [6.45, 7) is 11.0. The summed E-state index contributed by atoms with van der Waals surface area (Å²) in [4.78, 5) is 2.20. The molecule has 2 N–H and O–H groups in total. The van der Waals surface area contributed by atoms with E-state index in [2.05, 4.69) is 44.0 Å². The molecule has 0 unspecified atom stereocenters. The third-order valence-corrected chi connectivity index (χ3v) is 3.45. The molecule has 0 aliphatic heterocycles. The van der Waals surface area contributed by atoms with Gasteiger partial charge >= 0.3 is 0 Å². The molecular weight excluding hydrogens is 272 g/mol. The summed E-state index contributed by atoms with van der Waals surface area (Å²) in [6.07, 6.45) is 1.04. The predicted molar refractivity (Wildman–Crippen MR) is 87.6 cm³/mol. The van der Waals surface area contributed by atoms with Gasteiger partial charge in [0.25, 0.3) is 0 Å². The fourth-order valence-corrected chi connectivity index (χ4v) is 2.35. The number of rotatable bonds is 7. The van der Waals surface area contributed by atoms with Crippen molar-refractivity contribution in [2.45, 2.75) is 46.2 Å². The average Bonchev–Trinajstić information content (AvgIpc) is 2.36. The van der Waals surface area contributed by atoms with Crippen LogP contribution in [0.25, 0.3) is 0 Å². The minimum atomic E-state index is 0.0446. The summed E-state index contributed by atoms with van der Waals surface area (Å²) in [7, 11) is 0. The van der Waals surface area contributed by atoms with Crippen molar-refractivity contribution in [3.63, 3.8) is 0 Å². The van der Waals surface area contributed by atoms with E-state index in [1.165, 1.54) is 0 Å². The zero-order valence-corrected chi connectivity index (χ0v) is 13.8. The summed E-state index contributed by atoms with van der Waals surface area (Å²) in [5.41, 5.74) is 2.26. The molecule has 0 saturated heterocycles. The van der Waals surface area contributed by atoms with E-state index < -0.39 is 0 Å². The number of anilines is 1. The maximum Gasteiger partial charge on any atom is 0.0606 e. The van der Waals surface area contributed by atoms with Crippen molar-refractivity contribution in [3.05, 3.63) is 28.8 Å². The molecule has 0 fully saturated rings. The smallest absolute Gasteiger partial charge is 0.0606 e. The molecular formula is C16H27ClN2O. The molecule has 0 bridgehead atoms. The van der Waals surface area contributed by atoms with Crippen LogP contribution >= 0.6 is 11.6 Å². The van der Waals surface area contributed by atoms with Crippen LogP contribution < -0.4 is 10.2 Å². The topological polar surface area (TPSA) is 35.5 Å². The number of hydrogen-bond acceptors (Lipinski definition) is 3. The highest BCUT2D eigenvalue weighted by atomic mass is 35.5. The minimum Gasteiger partial charge on any atom is -0.395 e. The highest BCUT2D eigenvalue weighted by Crippen LogP contribution is 2.28. The van der Waals surface area contributed by atoms with E-state index >= 15 is 0 Å². The van der Waals surface area contributed by atoms with Crippen molar-refractivity contribution in [3.8, 4) is 0 Å². The molecule has 0 aliphatic carbocycles. The van der Waals surface area contributed by atoms with Gasteiger partial charge in [-0.15, -0.1) is 0 Å². The third-order valence-electron chi connectivity index (χ3n) is 3.09. The Labute approximate surface area is 127 Å². The summed E-state index contributed by atoms with van der Waals surface area (Å²) < 4.78 is 0. The summed E-state index contributed by atoms with van der Waals surface area (Å²) >= 11 is 6.37. The lowest BCUT2D eigenvalue weighted by molar-refractivity contribution is 0.301. The van der Waals surface area contributed by atoms with Gasteiger partial charge in [-0.25, -0.2) is 0 Å². The van der Waals surface area contributed by atoms with Crippen molar-refractivity contribution in [2.75, 3.05) is 24.6 Å². The third kappa shape index (κ3) is 5.31. The van der Waals surface area contributed by atoms with Gasteiger partial charge in [0.2, 0.25) is 0 Å². The first-order valence-electron chi connectivity index (χ1n) is 7.27. The first-order chi connectivity index (χ1) is 9.39. The summed E-state index contributed by atoms with van der Waals surface area (Å²) in [6, 6.07) is 5.98. The molecule has 0 radical (unpaired) electrons. The van der Waals surface area contributed by atoms with E-state index in [9.17, 15) is 5.11 Å². The number of halogens is 1. The van der Waals surface area contributed by atoms with Crippen LogP contribution in [0.15, 0.2) is 18.2 Å². The van der Waals surface area contributed by atoms with E-state index in [-0.39, 0.29) is 12.1 Å². The first kappa shape index (κ1) is 17.3. The Morgan fingerprint density at radius 2 is 1.95 bits per heavy atom. The SMILES string of the molecule is CCCN(CCO)c1cccc(Cl)c1CNC(C)(C)C. The van der Waals surface area contributed by atoms with Crippen molar-refractivity contribution < 1.29 is 5.11 Å². The maximum atomic E-state index is 9.25. The van der Waals surface area contributed by atoms with Crippen LogP contribution in [0.2, 0.25) is 5.02 Å². The second kappa shape index (κ2) is 7.87. The molecule has 1 rings (SSSR count). The number of aliphatic hydroxyl groups excluding tert-OH is 1. The van der Waals surface area contributed by atoms with E-state index in [0.29, 0.717) is 6.54 Å². The minimum absolute atomic E-state index is 0.0446. The second-order valence-electron chi connectivity index (χ2n) is 6.05. The summed E-state index contributed by atoms with van der Waals surface area (Å²) in [5, 5.41) is 13.5. The molecule has 0 spiro atoms. The van der Waals surface area contributed by atoms with Crippen LogP contribution in [0.3, 0.4) is 0 Å². The highest BCUT2D eigenvalue weighted by Gasteiger charge is 2.16. The maximum absolute atomic E-state index is 9.25. The molecule has 0 aliphatic rings. The zero-order chi connectivity index (χ0) is 15.2. The molecule has 1 aromatic carbocycles. The van der Waals surface area contributed by atoms with Gasteiger partial charge in [0, 0.05) is 41.4 Å². The number of nitrogens with zero attached hydrogens (tertiary/aromatic N) is 1. The predicted octanol–water partition coefficient (Wildman–Crippen LogP) is 3.44. The average molecular weight is 299 g/mol. The molecule has 3 nitrogen and oxygen atoms in total. The van der Waals surface area contributed by atoms with Gasteiger partial charge < -0.3 is 15.3 Å². The molecule has 1 aromatic rings. The largest absolute Gasteiger partial charge is 0.395 e. The summed E-state index contributed by atoms with van der Waals surface area (Å²) in [5.74, 6) is 0. The lowest BCUT2D eigenvalue weighted by atomic mass is 10.1. The Bertz CT molecular complexity index is 409. The molecule has 0 atom stereocenters. The fraction of sp³-hybridized carbons (Fsp3) is 0.625. The number of benzene rings is 1. The van der Waals surface area contributed by atoms with Gasteiger partial charge in [-0.2, -0.15) is 0 Å². The quantitative estimate of drug-likeness (QED) is 0.809. The number of hydrogen-bond donors (Lipinski definition) is 2. The van der Waals surface area contributed by atoms with Crippen LogP contribution in [-0.2, 0) is 6.54 Å². The fourth-order valence-electron chi connectivity index (χ4n) is 2.12. The second-order valence-corrected chi connectivity index (χ2v) is 6.46. The molecule has 20 heavy (non-hydrogen) atoms. The van der Waals surface area contributed by atoms with Crippen molar-refractivity contribution in [1.82, 2.24) is 5.32 Å². The van der Waals surface area contributed by atoms with Gasteiger partial charge in [0.15, 0.2) is 0 Å². The van der Waals surface area contributed by atoms with Crippen LogP contribution in [0.5, 0.6) is 0 Å². The monoisotopic (exact) mass is 298 g/mol. The van der Waals surface area contributed by atoms with Crippen molar-refractivity contribution >= 4 is 17.3 Å². The van der Waals surface area contributed by atoms with Crippen LogP contribution in [0.1, 0.15) is 39.7 Å². The normalized spacial score (nSPS) is 11.7. The van der Waals surface area contributed by atoms with E-state index in [1.54, 1.807) is 0 Å². The molecule has 4 heteroatoms. The highest BCUT2D eigenvalue weighted by molar-refractivity contribution is 6.31. The molecule has 0 aromatic heterocycles. The Morgan fingerprint density at radius 1 is 1.25 bits per heavy atom. The standard InChI is InChI=1S/C16H27ClN2O/c1-5-9-19(10-11-20)15-8-6-7-14(17)13(15)12-18-16(2,3)4/h6-8,18,20H,5,9-12H2,1-4H3. The van der Waals surface area contributed by atoms with Crippen LogP contribution in [-0.4, -0.2) is 30.3 Å². The number of nitrogens with one attached hydrogen (secondary N) is 1. The van der Waals surface area contributed by atoms with Crippen molar-refractivity contribution in [2.24, 2.45) is 0 Å². The Balaban J connectivity index is 3.01. The molecule has 0 saturated carbocycles. The van der Waals surface area contributed by atoms with Crippen molar-refractivity contribution in [1.29, 1.82) is 0 Å². The van der Waals surface area contributed by atoms with Gasteiger partial charge in [0.1, 0.15) is 0 Å².